The van der Waals surface area contributed by atoms with Gasteiger partial charge in [0.2, 0.25) is 0 Å². The summed E-state index contributed by atoms with van der Waals surface area (Å²) < 4.78 is 5.27. The molecule has 0 radical (unpaired) electrons. The molecule has 0 unspecified atom stereocenters. The normalized spacial score (nSPS) is 18.9. The maximum atomic E-state index is 11.7. The zero-order chi connectivity index (χ0) is 13.6. The summed E-state index contributed by atoms with van der Waals surface area (Å²) in [6.07, 6.45) is 1.58. The quantitative estimate of drug-likeness (QED) is 0.770. The summed E-state index contributed by atoms with van der Waals surface area (Å²) in [7, 11) is -1.34. The minimum absolute atomic E-state index is 0.312. The smallest absolute Gasteiger partial charge is 0.416 e. The minimum Gasteiger partial charge on any atom is -0.441 e. The highest BCUT2D eigenvalue weighted by molar-refractivity contribution is 6.88. The van der Waals surface area contributed by atoms with Crippen LogP contribution >= 0.6 is 0 Å². The van der Waals surface area contributed by atoms with Crippen molar-refractivity contribution in [3.05, 3.63) is 18.3 Å². The van der Waals surface area contributed by atoms with Gasteiger partial charge in [-0.1, -0.05) is 25.7 Å². The summed E-state index contributed by atoms with van der Waals surface area (Å²) in [5.41, 5.74) is -0.434. The Kier molecular flexibility index (Phi) is 2.97. The number of cyclic esters (lactones) is 1. The summed E-state index contributed by atoms with van der Waals surface area (Å²) in [6.45, 7) is 11.2. The summed E-state index contributed by atoms with van der Waals surface area (Å²) in [5.74, 6) is 0.674. The molecule has 1 aliphatic rings. The fraction of sp³-hybridized carbons (Fsp3) is 0.538. The van der Waals surface area contributed by atoms with Crippen LogP contribution in [0.2, 0.25) is 19.6 Å². The van der Waals surface area contributed by atoms with Crippen LogP contribution in [0.15, 0.2) is 18.3 Å². The van der Waals surface area contributed by atoms with Crippen molar-refractivity contribution in [2.45, 2.75) is 39.1 Å². The van der Waals surface area contributed by atoms with Gasteiger partial charge in [0.05, 0.1) is 14.6 Å². The van der Waals surface area contributed by atoms with E-state index in [1.54, 1.807) is 4.90 Å². The molecule has 2 rings (SSSR count). The van der Waals surface area contributed by atoms with E-state index in [4.69, 9.17) is 4.74 Å². The number of nitrogens with zero attached hydrogens (tertiary/aromatic N) is 2. The molecule has 5 heteroatoms. The molecule has 1 saturated heterocycles. The van der Waals surface area contributed by atoms with Gasteiger partial charge in [-0.25, -0.2) is 9.78 Å². The van der Waals surface area contributed by atoms with E-state index in [2.05, 4.69) is 30.7 Å². The van der Waals surface area contributed by atoms with Crippen LogP contribution in [0.25, 0.3) is 0 Å². The van der Waals surface area contributed by atoms with Gasteiger partial charge >= 0.3 is 6.09 Å². The van der Waals surface area contributed by atoms with Gasteiger partial charge in [0.1, 0.15) is 11.4 Å². The number of carbonyl (C=O) groups excluding carboxylic acids is 1. The highest BCUT2D eigenvalue weighted by Gasteiger charge is 2.38. The van der Waals surface area contributed by atoms with E-state index >= 15 is 0 Å². The number of anilines is 1. The van der Waals surface area contributed by atoms with Crippen LogP contribution in [0.3, 0.4) is 0 Å². The number of ether oxygens (including phenoxy) is 1. The predicted molar refractivity (Wildman–Crippen MR) is 75.1 cm³/mol. The van der Waals surface area contributed by atoms with E-state index < -0.39 is 13.7 Å². The Bertz CT molecular complexity index is 463. The van der Waals surface area contributed by atoms with E-state index in [1.165, 1.54) is 5.19 Å². The molecule has 0 saturated carbocycles. The molecule has 1 aromatic heterocycles. The molecule has 98 valence electrons. The van der Waals surface area contributed by atoms with Gasteiger partial charge in [0.25, 0.3) is 0 Å². The Hall–Kier alpha value is -1.36. The second-order valence-electron chi connectivity index (χ2n) is 6.37. The van der Waals surface area contributed by atoms with Crippen molar-refractivity contribution in [3.63, 3.8) is 0 Å². The van der Waals surface area contributed by atoms with Crippen molar-refractivity contribution in [2.75, 3.05) is 11.4 Å². The molecule has 0 aromatic carbocycles. The first-order valence-corrected chi connectivity index (χ1v) is 9.66. The van der Waals surface area contributed by atoms with E-state index in [1.807, 2.05) is 26.1 Å². The van der Waals surface area contributed by atoms with Crippen molar-refractivity contribution in [3.8, 4) is 0 Å². The lowest BCUT2D eigenvalue weighted by Crippen LogP contribution is -2.38. The summed E-state index contributed by atoms with van der Waals surface area (Å²) in [4.78, 5) is 17.7. The van der Waals surface area contributed by atoms with Crippen LogP contribution in [-0.4, -0.2) is 31.3 Å². The van der Waals surface area contributed by atoms with Gasteiger partial charge in [-0.3, -0.25) is 4.90 Å². The van der Waals surface area contributed by atoms with Crippen LogP contribution in [0.4, 0.5) is 10.6 Å². The standard InChI is InChI=1S/C13H20N2O2Si/c1-13(2)9-15(12(16)17-13)11-7-6-10(8-14-11)18(3,4)5/h6-8H,9H2,1-5H3. The Morgan fingerprint density at radius 2 is 2.00 bits per heavy atom. The molecule has 1 aromatic rings. The molecule has 0 spiro atoms. The minimum atomic E-state index is -1.34. The second-order valence-corrected chi connectivity index (χ2v) is 11.4. The summed E-state index contributed by atoms with van der Waals surface area (Å²) in [6, 6.07) is 3.99. The number of carbonyl (C=O) groups is 1. The predicted octanol–water partition coefficient (Wildman–Crippen LogP) is 2.36. The molecular weight excluding hydrogens is 244 g/mol. The monoisotopic (exact) mass is 264 g/mol. The lowest BCUT2D eigenvalue weighted by Gasteiger charge is -2.18. The molecular formula is C13H20N2O2Si. The average Bonchev–Trinajstić information content (AvgIpc) is 2.51. The molecule has 0 N–H and O–H groups in total. The maximum Gasteiger partial charge on any atom is 0.416 e. The van der Waals surface area contributed by atoms with Crippen LogP contribution in [0, 0.1) is 0 Å². The van der Waals surface area contributed by atoms with E-state index in [0.717, 1.165) is 0 Å². The Balaban J connectivity index is 2.23. The second kappa shape index (κ2) is 4.09. The number of rotatable bonds is 2. The number of pyridine rings is 1. The molecule has 0 atom stereocenters. The highest BCUT2D eigenvalue weighted by atomic mass is 28.3. The highest BCUT2D eigenvalue weighted by Crippen LogP contribution is 2.25. The van der Waals surface area contributed by atoms with Crippen LogP contribution in [0.5, 0.6) is 0 Å². The summed E-state index contributed by atoms with van der Waals surface area (Å²) in [5, 5.41) is 1.29. The first-order chi connectivity index (χ1) is 8.19. The van der Waals surface area contributed by atoms with Crippen LogP contribution < -0.4 is 10.1 Å². The molecule has 18 heavy (non-hydrogen) atoms. The van der Waals surface area contributed by atoms with Gasteiger partial charge in [-0.2, -0.15) is 0 Å². The Morgan fingerprint density at radius 3 is 2.39 bits per heavy atom. The number of aromatic nitrogens is 1. The largest absolute Gasteiger partial charge is 0.441 e. The van der Waals surface area contributed by atoms with Crippen LogP contribution in [0.1, 0.15) is 13.8 Å². The number of hydrogen-bond donors (Lipinski definition) is 0. The van der Waals surface area contributed by atoms with Gasteiger partial charge in [-0.15, -0.1) is 0 Å². The lowest BCUT2D eigenvalue weighted by molar-refractivity contribution is 0.0871. The molecule has 1 amide bonds. The van der Waals surface area contributed by atoms with Crippen molar-refractivity contribution >= 4 is 25.2 Å². The van der Waals surface area contributed by atoms with Gasteiger partial charge in [0, 0.05) is 6.20 Å². The SMILES string of the molecule is CC1(C)CN(c2ccc([Si](C)(C)C)cn2)C(=O)O1. The van der Waals surface area contributed by atoms with Crippen molar-refractivity contribution in [1.82, 2.24) is 4.98 Å². The topological polar surface area (TPSA) is 42.4 Å². The van der Waals surface area contributed by atoms with Crippen molar-refractivity contribution in [1.29, 1.82) is 0 Å². The molecule has 2 heterocycles. The first kappa shape index (κ1) is 13.1. The van der Waals surface area contributed by atoms with Gasteiger partial charge in [-0.05, 0) is 25.1 Å². The van der Waals surface area contributed by atoms with Crippen molar-refractivity contribution in [2.24, 2.45) is 0 Å². The zero-order valence-electron chi connectivity index (χ0n) is 11.7. The molecule has 0 bridgehead atoms. The zero-order valence-corrected chi connectivity index (χ0v) is 12.7. The Labute approximate surface area is 109 Å². The maximum absolute atomic E-state index is 11.7. The van der Waals surface area contributed by atoms with Crippen LogP contribution in [-0.2, 0) is 4.74 Å². The average molecular weight is 264 g/mol. The third kappa shape index (κ3) is 2.56. The molecule has 4 nitrogen and oxygen atoms in total. The first-order valence-electron chi connectivity index (χ1n) is 6.16. The lowest BCUT2D eigenvalue weighted by atomic mass is 10.1. The number of amides is 1. The fourth-order valence-corrected chi connectivity index (χ4v) is 2.97. The Morgan fingerprint density at radius 1 is 1.33 bits per heavy atom. The third-order valence-electron chi connectivity index (χ3n) is 3.01. The van der Waals surface area contributed by atoms with Crippen molar-refractivity contribution < 1.29 is 9.53 Å². The van der Waals surface area contributed by atoms with E-state index in [9.17, 15) is 4.79 Å². The molecule has 1 aliphatic heterocycles. The fourth-order valence-electron chi connectivity index (χ4n) is 1.93. The summed E-state index contributed by atoms with van der Waals surface area (Å²) >= 11 is 0. The van der Waals surface area contributed by atoms with Gasteiger partial charge in [0.15, 0.2) is 0 Å². The number of hydrogen-bond acceptors (Lipinski definition) is 3. The molecule has 1 fully saturated rings. The molecule has 0 aliphatic carbocycles. The van der Waals surface area contributed by atoms with E-state index in [0.29, 0.717) is 12.4 Å². The third-order valence-corrected chi connectivity index (χ3v) is 5.04. The van der Waals surface area contributed by atoms with E-state index in [-0.39, 0.29) is 6.09 Å². The van der Waals surface area contributed by atoms with Gasteiger partial charge < -0.3 is 4.74 Å².